The number of thioether (sulfide) groups is 1. The fraction of sp³-hybridized carbons (Fsp3) is 0.200. The number of hydrogen-bond donors (Lipinski definition) is 3. The summed E-state index contributed by atoms with van der Waals surface area (Å²) in [5, 5.41) is 0.635. The fourth-order valence-electron chi connectivity index (χ4n) is 1.12. The molecule has 0 saturated heterocycles. The molecular formula is C10H15Cl2N5S. The monoisotopic (exact) mass is 307 g/mol. The Morgan fingerprint density at radius 3 is 2.50 bits per heavy atom. The molecule has 0 heterocycles. The third-order valence-corrected chi connectivity index (χ3v) is 3.08. The van der Waals surface area contributed by atoms with E-state index in [1.807, 2.05) is 6.07 Å². The molecular weight excluding hydrogens is 293 g/mol. The van der Waals surface area contributed by atoms with Crippen molar-refractivity contribution in [1.82, 2.24) is 0 Å². The van der Waals surface area contributed by atoms with Crippen LogP contribution in [0.4, 0.5) is 5.69 Å². The second kappa shape index (κ2) is 8.07. The highest BCUT2D eigenvalue weighted by Crippen LogP contribution is 2.30. The Morgan fingerprint density at radius 2 is 2.00 bits per heavy atom. The molecule has 5 nitrogen and oxygen atoms in total. The van der Waals surface area contributed by atoms with Crippen molar-refractivity contribution in [2.45, 2.75) is 11.8 Å². The van der Waals surface area contributed by atoms with Gasteiger partial charge in [-0.2, -0.15) is 4.99 Å². The van der Waals surface area contributed by atoms with Gasteiger partial charge < -0.3 is 17.2 Å². The summed E-state index contributed by atoms with van der Waals surface area (Å²) < 4.78 is 0. The lowest BCUT2D eigenvalue weighted by Gasteiger charge is -2.03. The Labute approximate surface area is 121 Å². The van der Waals surface area contributed by atoms with Crippen LogP contribution in [0.5, 0.6) is 0 Å². The summed E-state index contributed by atoms with van der Waals surface area (Å²) in [5.41, 5.74) is 16.5. The van der Waals surface area contributed by atoms with Crippen LogP contribution < -0.4 is 17.2 Å². The summed E-state index contributed by atoms with van der Waals surface area (Å²) in [6.07, 6.45) is 0. The van der Waals surface area contributed by atoms with Gasteiger partial charge in [-0.05, 0) is 24.0 Å². The number of halogens is 2. The summed E-state index contributed by atoms with van der Waals surface area (Å²) in [6, 6.07) is 5.41. The van der Waals surface area contributed by atoms with E-state index in [1.54, 1.807) is 23.9 Å². The maximum Gasteiger partial charge on any atom is 0.223 e. The van der Waals surface area contributed by atoms with Crippen molar-refractivity contribution in [3.8, 4) is 0 Å². The third kappa shape index (κ3) is 5.48. The topological polar surface area (TPSA) is 103 Å². The fourth-order valence-corrected chi connectivity index (χ4v) is 2.13. The van der Waals surface area contributed by atoms with E-state index in [9.17, 15) is 0 Å². The molecule has 0 bridgehead atoms. The van der Waals surface area contributed by atoms with Crippen molar-refractivity contribution in [2.75, 3.05) is 5.75 Å². The minimum Gasteiger partial charge on any atom is -0.370 e. The highest BCUT2D eigenvalue weighted by atomic mass is 35.5. The molecule has 6 N–H and O–H groups in total. The molecule has 0 fully saturated rings. The minimum absolute atomic E-state index is 0. The van der Waals surface area contributed by atoms with Crippen LogP contribution in [0.3, 0.4) is 0 Å². The second-order valence-electron chi connectivity index (χ2n) is 3.05. The van der Waals surface area contributed by atoms with Gasteiger partial charge in [0.2, 0.25) is 5.96 Å². The summed E-state index contributed by atoms with van der Waals surface area (Å²) in [6.45, 7) is 2.06. The zero-order valence-corrected chi connectivity index (χ0v) is 12.1. The molecule has 8 heteroatoms. The average Bonchev–Trinajstić information content (AvgIpc) is 2.21. The molecule has 0 atom stereocenters. The van der Waals surface area contributed by atoms with Crippen LogP contribution in [-0.2, 0) is 0 Å². The first-order valence-electron chi connectivity index (χ1n) is 4.89. The van der Waals surface area contributed by atoms with Gasteiger partial charge in [0.25, 0.3) is 0 Å². The van der Waals surface area contributed by atoms with Crippen LogP contribution in [0.25, 0.3) is 0 Å². The van der Waals surface area contributed by atoms with Crippen LogP contribution in [0.1, 0.15) is 6.92 Å². The first kappa shape index (κ1) is 16.9. The number of hydrogen-bond acceptors (Lipinski definition) is 2. The van der Waals surface area contributed by atoms with Crippen LogP contribution >= 0.6 is 35.8 Å². The van der Waals surface area contributed by atoms with E-state index in [4.69, 9.17) is 28.8 Å². The molecule has 0 spiro atoms. The van der Waals surface area contributed by atoms with Gasteiger partial charge in [-0.3, -0.25) is 0 Å². The number of aliphatic imine (C=N–C) groups is 2. The number of rotatable bonds is 3. The lowest BCUT2D eigenvalue weighted by Crippen LogP contribution is -2.26. The average molecular weight is 308 g/mol. The van der Waals surface area contributed by atoms with Crippen molar-refractivity contribution in [1.29, 1.82) is 0 Å². The second-order valence-corrected chi connectivity index (χ2v) is 4.77. The van der Waals surface area contributed by atoms with E-state index < -0.39 is 0 Å². The van der Waals surface area contributed by atoms with Gasteiger partial charge in [0.1, 0.15) is 0 Å². The van der Waals surface area contributed by atoms with Crippen LogP contribution in [0, 0.1) is 0 Å². The molecule has 0 aliphatic carbocycles. The smallest absolute Gasteiger partial charge is 0.223 e. The van der Waals surface area contributed by atoms with Gasteiger partial charge in [-0.1, -0.05) is 18.5 Å². The highest BCUT2D eigenvalue weighted by molar-refractivity contribution is 7.99. The first-order valence-corrected chi connectivity index (χ1v) is 6.25. The molecule has 0 radical (unpaired) electrons. The van der Waals surface area contributed by atoms with Gasteiger partial charge in [0.15, 0.2) is 5.96 Å². The van der Waals surface area contributed by atoms with E-state index >= 15 is 0 Å². The molecule has 0 unspecified atom stereocenters. The van der Waals surface area contributed by atoms with Gasteiger partial charge >= 0.3 is 0 Å². The Kier molecular flexibility index (Phi) is 7.58. The summed E-state index contributed by atoms with van der Waals surface area (Å²) >= 11 is 7.74. The van der Waals surface area contributed by atoms with Crippen molar-refractivity contribution >= 4 is 53.4 Å². The molecule has 1 rings (SSSR count). The maximum absolute atomic E-state index is 6.08. The Hall–Kier alpha value is -1.11. The van der Waals surface area contributed by atoms with Crippen LogP contribution in [0.2, 0.25) is 5.02 Å². The predicted molar refractivity (Wildman–Crippen MR) is 82.2 cm³/mol. The van der Waals surface area contributed by atoms with Gasteiger partial charge in [-0.15, -0.1) is 24.2 Å². The van der Waals surface area contributed by atoms with Crippen molar-refractivity contribution in [3.63, 3.8) is 0 Å². The largest absolute Gasteiger partial charge is 0.370 e. The van der Waals surface area contributed by atoms with Crippen molar-refractivity contribution < 1.29 is 0 Å². The van der Waals surface area contributed by atoms with E-state index in [0.29, 0.717) is 10.7 Å². The predicted octanol–water partition coefficient (Wildman–Crippen LogP) is 2.09. The minimum atomic E-state index is -0.129. The van der Waals surface area contributed by atoms with E-state index in [0.717, 1.165) is 10.6 Å². The quantitative estimate of drug-likeness (QED) is 0.452. The zero-order chi connectivity index (χ0) is 12.8. The van der Waals surface area contributed by atoms with Crippen molar-refractivity contribution in [2.24, 2.45) is 27.2 Å². The molecule has 0 aliphatic rings. The summed E-state index contributed by atoms with van der Waals surface area (Å²) in [7, 11) is 0. The zero-order valence-electron chi connectivity index (χ0n) is 9.76. The molecule has 18 heavy (non-hydrogen) atoms. The molecule has 1 aromatic rings. The third-order valence-electron chi connectivity index (χ3n) is 1.70. The Bertz CT molecular complexity index is 458. The molecule has 100 valence electrons. The highest BCUT2D eigenvalue weighted by Gasteiger charge is 2.01. The molecule has 0 amide bonds. The lowest BCUT2D eigenvalue weighted by molar-refractivity contribution is 1.36. The van der Waals surface area contributed by atoms with E-state index in [1.165, 1.54) is 0 Å². The first-order chi connectivity index (χ1) is 8.02. The normalized spacial score (nSPS) is 10.7. The standard InChI is InChI=1S/C10H14ClN5S.ClH/c1-2-17-8-4-3-6(5-7(8)11)15-10(14)16-9(12)13;/h3-5H,2H2,1H3,(H6,12,13,14,15,16);1H. The number of nitrogens with zero attached hydrogens (tertiary/aromatic N) is 2. The van der Waals surface area contributed by atoms with E-state index in [-0.39, 0.29) is 24.3 Å². The molecule has 1 aromatic carbocycles. The van der Waals surface area contributed by atoms with Gasteiger partial charge in [0, 0.05) is 4.90 Å². The summed E-state index contributed by atoms with van der Waals surface area (Å²) in [4.78, 5) is 8.64. The van der Waals surface area contributed by atoms with Crippen LogP contribution in [0.15, 0.2) is 33.1 Å². The Morgan fingerprint density at radius 1 is 1.33 bits per heavy atom. The van der Waals surface area contributed by atoms with Crippen LogP contribution in [-0.4, -0.2) is 17.7 Å². The maximum atomic E-state index is 6.08. The van der Waals surface area contributed by atoms with E-state index in [2.05, 4.69) is 16.9 Å². The lowest BCUT2D eigenvalue weighted by atomic mass is 10.3. The number of nitrogens with two attached hydrogens (primary N) is 3. The Balaban J connectivity index is 0.00000289. The van der Waals surface area contributed by atoms with Crippen molar-refractivity contribution in [3.05, 3.63) is 23.2 Å². The number of benzene rings is 1. The molecule has 0 saturated carbocycles. The van der Waals surface area contributed by atoms with Gasteiger partial charge in [0.05, 0.1) is 10.7 Å². The number of guanidine groups is 2. The molecule has 0 aromatic heterocycles. The molecule has 0 aliphatic heterocycles. The SMILES string of the molecule is CCSc1ccc(N=C(N)N=C(N)N)cc1Cl.Cl. The summed E-state index contributed by atoms with van der Waals surface area (Å²) in [5.74, 6) is 0.825. The van der Waals surface area contributed by atoms with Gasteiger partial charge in [-0.25, -0.2) is 4.99 Å².